The summed E-state index contributed by atoms with van der Waals surface area (Å²) in [6, 6.07) is 18.5. The van der Waals surface area contributed by atoms with E-state index in [2.05, 4.69) is 53.2 Å². The minimum absolute atomic E-state index is 0.0849. The van der Waals surface area contributed by atoms with E-state index in [-0.39, 0.29) is 11.6 Å². The molecule has 5 rings (SSSR count). The molecular formula is C22H26N2O2. The first-order chi connectivity index (χ1) is 12.7. The zero-order valence-electron chi connectivity index (χ0n) is 15.2. The Morgan fingerprint density at radius 2 is 1.85 bits per heavy atom. The summed E-state index contributed by atoms with van der Waals surface area (Å²) in [6.07, 6.45) is 1.45. The Labute approximate surface area is 155 Å². The predicted molar refractivity (Wildman–Crippen MR) is 101 cm³/mol. The SMILES string of the molecule is CN1C[C@H]2C[C@@H]3CN(Cc4ccccc4)[C@@H](c4ccccc4O)[C@]3(C1)O2. The zero-order chi connectivity index (χ0) is 17.7. The van der Waals surface area contributed by atoms with E-state index >= 15 is 0 Å². The second kappa shape index (κ2) is 6.08. The maximum Gasteiger partial charge on any atom is 0.120 e. The molecule has 0 radical (unpaired) electrons. The molecule has 2 aromatic carbocycles. The Hall–Kier alpha value is -1.88. The van der Waals surface area contributed by atoms with Gasteiger partial charge in [0.25, 0.3) is 0 Å². The Kier molecular flexibility index (Phi) is 3.82. The van der Waals surface area contributed by atoms with Gasteiger partial charge in [-0.1, -0.05) is 48.5 Å². The van der Waals surface area contributed by atoms with Crippen LogP contribution in [0.25, 0.3) is 0 Å². The van der Waals surface area contributed by atoms with Crippen LogP contribution >= 0.6 is 0 Å². The molecule has 4 nitrogen and oxygen atoms in total. The molecule has 0 amide bonds. The Bertz CT molecular complexity index is 796. The topological polar surface area (TPSA) is 35.9 Å². The van der Waals surface area contributed by atoms with Gasteiger partial charge in [0.2, 0.25) is 0 Å². The van der Waals surface area contributed by atoms with Crippen molar-refractivity contribution in [1.82, 2.24) is 9.80 Å². The second-order valence-corrected chi connectivity index (χ2v) is 8.20. The van der Waals surface area contributed by atoms with Crippen molar-refractivity contribution in [3.05, 3.63) is 65.7 Å². The molecule has 2 bridgehead atoms. The summed E-state index contributed by atoms with van der Waals surface area (Å²) < 4.78 is 6.67. The van der Waals surface area contributed by atoms with Gasteiger partial charge in [-0.15, -0.1) is 0 Å². The van der Waals surface area contributed by atoms with Crippen molar-refractivity contribution in [2.24, 2.45) is 5.92 Å². The number of ether oxygens (including phenoxy) is 1. The second-order valence-electron chi connectivity index (χ2n) is 8.20. The number of likely N-dealkylation sites (N-methyl/N-ethyl adjacent to an activating group) is 1. The van der Waals surface area contributed by atoms with Crippen LogP contribution in [0.2, 0.25) is 0 Å². The van der Waals surface area contributed by atoms with E-state index in [1.165, 1.54) is 5.56 Å². The summed E-state index contributed by atoms with van der Waals surface area (Å²) in [6.45, 7) is 3.86. The number of morpholine rings is 1. The van der Waals surface area contributed by atoms with Crippen LogP contribution < -0.4 is 0 Å². The van der Waals surface area contributed by atoms with Crippen LogP contribution in [-0.2, 0) is 11.3 Å². The molecule has 0 aromatic heterocycles. The molecule has 4 heteroatoms. The average Bonchev–Trinajstić information content (AvgIpc) is 3.02. The van der Waals surface area contributed by atoms with Crippen LogP contribution in [0.5, 0.6) is 5.75 Å². The first-order valence-electron chi connectivity index (χ1n) is 9.58. The lowest BCUT2D eigenvalue weighted by atomic mass is 9.82. The highest BCUT2D eigenvalue weighted by Gasteiger charge is 2.63. The molecule has 3 heterocycles. The zero-order valence-corrected chi connectivity index (χ0v) is 15.2. The number of hydrogen-bond acceptors (Lipinski definition) is 4. The highest BCUT2D eigenvalue weighted by atomic mass is 16.5. The third-order valence-electron chi connectivity index (χ3n) is 6.40. The van der Waals surface area contributed by atoms with Crippen molar-refractivity contribution < 1.29 is 9.84 Å². The molecule has 136 valence electrons. The van der Waals surface area contributed by atoms with Gasteiger partial charge in [0.15, 0.2) is 0 Å². The van der Waals surface area contributed by atoms with Crippen LogP contribution in [0.3, 0.4) is 0 Å². The monoisotopic (exact) mass is 350 g/mol. The summed E-state index contributed by atoms with van der Waals surface area (Å²) in [5.41, 5.74) is 2.09. The van der Waals surface area contributed by atoms with Crippen molar-refractivity contribution in [2.75, 3.05) is 26.7 Å². The fraction of sp³-hybridized carbons (Fsp3) is 0.455. The van der Waals surface area contributed by atoms with Gasteiger partial charge in [-0.25, -0.2) is 0 Å². The fourth-order valence-electron chi connectivity index (χ4n) is 5.54. The molecule has 3 saturated heterocycles. The smallest absolute Gasteiger partial charge is 0.120 e. The van der Waals surface area contributed by atoms with Gasteiger partial charge in [-0.05, 0) is 25.1 Å². The number of rotatable bonds is 3. The third-order valence-corrected chi connectivity index (χ3v) is 6.40. The Morgan fingerprint density at radius 1 is 1.08 bits per heavy atom. The third kappa shape index (κ3) is 2.48. The van der Waals surface area contributed by atoms with Crippen LogP contribution in [0.1, 0.15) is 23.6 Å². The number of hydrogen-bond donors (Lipinski definition) is 1. The van der Waals surface area contributed by atoms with E-state index < -0.39 is 0 Å². The molecule has 1 spiro atoms. The van der Waals surface area contributed by atoms with Crippen molar-refractivity contribution in [2.45, 2.75) is 30.7 Å². The first kappa shape index (κ1) is 16.3. The average molecular weight is 350 g/mol. The number of phenolic OH excluding ortho intramolecular Hbond substituents is 1. The maximum atomic E-state index is 10.6. The molecule has 3 aliphatic heterocycles. The summed E-state index contributed by atoms with van der Waals surface area (Å²) in [5.74, 6) is 0.900. The number of benzene rings is 2. The van der Waals surface area contributed by atoms with E-state index in [0.29, 0.717) is 17.8 Å². The highest BCUT2D eigenvalue weighted by Crippen LogP contribution is 2.56. The molecule has 3 aliphatic rings. The number of para-hydroxylation sites is 1. The number of likely N-dealkylation sites (tertiary alicyclic amines) is 2. The molecule has 3 fully saturated rings. The van der Waals surface area contributed by atoms with E-state index in [4.69, 9.17) is 4.74 Å². The minimum atomic E-state index is -0.217. The van der Waals surface area contributed by atoms with Crippen LogP contribution in [-0.4, -0.2) is 53.3 Å². The lowest BCUT2D eigenvalue weighted by Gasteiger charge is -2.44. The number of nitrogens with zero attached hydrogens (tertiary/aromatic N) is 2. The lowest BCUT2D eigenvalue weighted by Crippen LogP contribution is -2.54. The molecular weight excluding hydrogens is 324 g/mol. The highest BCUT2D eigenvalue weighted by molar-refractivity contribution is 5.39. The summed E-state index contributed by atoms with van der Waals surface area (Å²) >= 11 is 0. The first-order valence-corrected chi connectivity index (χ1v) is 9.58. The Morgan fingerprint density at radius 3 is 2.65 bits per heavy atom. The van der Waals surface area contributed by atoms with E-state index in [1.54, 1.807) is 6.07 Å². The van der Waals surface area contributed by atoms with Crippen molar-refractivity contribution in [3.8, 4) is 5.75 Å². The fourth-order valence-corrected chi connectivity index (χ4v) is 5.54. The van der Waals surface area contributed by atoms with Gasteiger partial charge in [0, 0.05) is 37.7 Å². The largest absolute Gasteiger partial charge is 0.508 e. The minimum Gasteiger partial charge on any atom is -0.508 e. The van der Waals surface area contributed by atoms with Crippen molar-refractivity contribution >= 4 is 0 Å². The van der Waals surface area contributed by atoms with Crippen LogP contribution in [0, 0.1) is 5.92 Å². The molecule has 0 aliphatic carbocycles. The molecule has 0 unspecified atom stereocenters. The van der Waals surface area contributed by atoms with Gasteiger partial charge >= 0.3 is 0 Å². The van der Waals surface area contributed by atoms with E-state index in [1.807, 2.05) is 12.1 Å². The molecule has 26 heavy (non-hydrogen) atoms. The van der Waals surface area contributed by atoms with E-state index in [9.17, 15) is 5.11 Å². The lowest BCUT2D eigenvalue weighted by molar-refractivity contribution is -0.131. The molecule has 1 N–H and O–H groups in total. The Balaban J connectivity index is 1.57. The maximum absolute atomic E-state index is 10.6. The van der Waals surface area contributed by atoms with Crippen LogP contribution in [0.4, 0.5) is 0 Å². The van der Waals surface area contributed by atoms with E-state index in [0.717, 1.165) is 38.2 Å². The molecule has 0 saturated carbocycles. The van der Waals surface area contributed by atoms with Crippen molar-refractivity contribution in [1.29, 1.82) is 0 Å². The van der Waals surface area contributed by atoms with Gasteiger partial charge in [-0.2, -0.15) is 0 Å². The quantitative estimate of drug-likeness (QED) is 0.923. The number of aromatic hydroxyl groups is 1. The van der Waals surface area contributed by atoms with Gasteiger partial charge in [0.1, 0.15) is 11.4 Å². The number of phenols is 1. The summed E-state index contributed by atoms with van der Waals surface area (Å²) in [5, 5.41) is 10.6. The predicted octanol–water partition coefficient (Wildman–Crippen LogP) is 3.04. The van der Waals surface area contributed by atoms with Crippen LogP contribution in [0.15, 0.2) is 54.6 Å². The van der Waals surface area contributed by atoms with Gasteiger partial charge in [0.05, 0.1) is 12.1 Å². The number of fused-ring (bicyclic) bond motifs is 1. The van der Waals surface area contributed by atoms with Crippen molar-refractivity contribution in [3.63, 3.8) is 0 Å². The molecule has 2 aromatic rings. The summed E-state index contributed by atoms with van der Waals surface area (Å²) in [7, 11) is 2.20. The van der Waals surface area contributed by atoms with Gasteiger partial charge < -0.3 is 14.7 Å². The van der Waals surface area contributed by atoms with Gasteiger partial charge in [-0.3, -0.25) is 4.90 Å². The molecule has 4 atom stereocenters. The standard InChI is InChI=1S/C22H26N2O2/c1-23-14-18-11-17-13-24(12-16-7-3-2-4-8-16)21(22(17,15-23)26-18)19-9-5-6-10-20(19)25/h2-10,17-18,21,25H,11-15H2,1H3/t17-,18-,21+,22-/m1/s1. The normalized spacial score (nSPS) is 34.1. The summed E-state index contributed by atoms with van der Waals surface area (Å²) in [4.78, 5) is 4.93.